The molecule has 138 valence electrons. The molecule has 1 atom stereocenters. The molecule has 1 aliphatic rings. The molecule has 4 rings (SSSR count). The molecule has 0 saturated carbocycles. The molecule has 0 spiro atoms. The maximum absolute atomic E-state index is 13.3. The van der Waals surface area contributed by atoms with E-state index < -0.39 is 0 Å². The van der Waals surface area contributed by atoms with Gasteiger partial charge < -0.3 is 10.6 Å². The normalized spacial score (nSPS) is 16.7. The van der Waals surface area contributed by atoms with Crippen LogP contribution in [-0.2, 0) is 0 Å². The van der Waals surface area contributed by atoms with Gasteiger partial charge in [-0.15, -0.1) is 11.3 Å². The summed E-state index contributed by atoms with van der Waals surface area (Å²) >= 11 is 7.68. The first-order valence-electron chi connectivity index (χ1n) is 8.85. The van der Waals surface area contributed by atoms with Crippen molar-refractivity contribution in [3.05, 3.63) is 59.5 Å². The summed E-state index contributed by atoms with van der Waals surface area (Å²) in [7, 11) is 0. The molecular formula is C20H19ClN4OS. The number of aromatic nitrogens is 2. The van der Waals surface area contributed by atoms with Gasteiger partial charge in [-0.25, -0.2) is 4.98 Å². The van der Waals surface area contributed by atoms with Crippen molar-refractivity contribution < 1.29 is 4.79 Å². The lowest BCUT2D eigenvalue weighted by Crippen LogP contribution is -2.40. The molecule has 5 nitrogen and oxygen atoms in total. The summed E-state index contributed by atoms with van der Waals surface area (Å²) in [5, 5.41) is 1.42. The second kappa shape index (κ2) is 7.76. The minimum absolute atomic E-state index is 0.0607. The lowest BCUT2D eigenvalue weighted by atomic mass is 10.1. The molecule has 2 aromatic heterocycles. The second-order valence-electron chi connectivity index (χ2n) is 6.47. The van der Waals surface area contributed by atoms with Gasteiger partial charge in [0.15, 0.2) is 0 Å². The van der Waals surface area contributed by atoms with E-state index in [1.165, 1.54) is 11.3 Å². The van der Waals surface area contributed by atoms with Gasteiger partial charge in [0.25, 0.3) is 5.91 Å². The van der Waals surface area contributed by atoms with E-state index in [1.807, 2.05) is 41.3 Å². The third-order valence-corrected chi connectivity index (χ3v) is 6.14. The van der Waals surface area contributed by atoms with Crippen molar-refractivity contribution >= 4 is 28.8 Å². The average Bonchev–Trinajstić information content (AvgIpc) is 3.35. The van der Waals surface area contributed by atoms with E-state index in [-0.39, 0.29) is 11.9 Å². The molecule has 1 saturated heterocycles. The Hall–Kier alpha value is -2.28. The summed E-state index contributed by atoms with van der Waals surface area (Å²) in [6, 6.07) is 11.4. The molecule has 1 aromatic carbocycles. The van der Waals surface area contributed by atoms with Gasteiger partial charge in [0.1, 0.15) is 10.7 Å². The lowest BCUT2D eigenvalue weighted by molar-refractivity contribution is 0.0737. The summed E-state index contributed by atoms with van der Waals surface area (Å²) < 4.78 is 0. The highest BCUT2D eigenvalue weighted by Crippen LogP contribution is 2.37. The van der Waals surface area contributed by atoms with Gasteiger partial charge in [-0.05, 0) is 42.7 Å². The van der Waals surface area contributed by atoms with Gasteiger partial charge in [-0.3, -0.25) is 9.78 Å². The summed E-state index contributed by atoms with van der Waals surface area (Å²) in [4.78, 5) is 24.8. The smallest absolute Gasteiger partial charge is 0.274 e. The number of nitrogens with zero attached hydrogens (tertiary/aromatic N) is 3. The first kappa shape index (κ1) is 18.1. The molecule has 0 bridgehead atoms. The number of hydrogen-bond donors (Lipinski definition) is 1. The number of likely N-dealkylation sites (tertiary alicyclic amines) is 1. The molecule has 7 heteroatoms. The number of carbonyl (C=O) groups excluding carboxylic acids is 1. The van der Waals surface area contributed by atoms with Gasteiger partial charge in [-0.2, -0.15) is 0 Å². The van der Waals surface area contributed by atoms with Crippen LogP contribution in [-0.4, -0.2) is 39.9 Å². The minimum atomic E-state index is -0.0607. The van der Waals surface area contributed by atoms with Crippen LogP contribution in [0.5, 0.6) is 0 Å². The van der Waals surface area contributed by atoms with Gasteiger partial charge in [0.05, 0.1) is 4.88 Å². The average molecular weight is 399 g/mol. The van der Waals surface area contributed by atoms with Crippen LogP contribution in [0.2, 0.25) is 5.02 Å². The molecule has 3 heterocycles. The number of amides is 1. The van der Waals surface area contributed by atoms with E-state index in [4.69, 9.17) is 22.3 Å². The van der Waals surface area contributed by atoms with Crippen molar-refractivity contribution in [3.8, 4) is 21.0 Å². The van der Waals surface area contributed by atoms with E-state index in [9.17, 15) is 4.79 Å². The van der Waals surface area contributed by atoms with Crippen molar-refractivity contribution in [3.63, 3.8) is 0 Å². The Labute approximate surface area is 166 Å². The zero-order valence-corrected chi connectivity index (χ0v) is 16.2. The molecule has 0 radical (unpaired) electrons. The Bertz CT molecular complexity index is 960. The summed E-state index contributed by atoms with van der Waals surface area (Å²) in [6.07, 6.45) is 5.36. The monoisotopic (exact) mass is 398 g/mol. The maximum atomic E-state index is 13.3. The van der Waals surface area contributed by atoms with Crippen LogP contribution < -0.4 is 5.73 Å². The third-order valence-electron chi connectivity index (χ3n) is 4.75. The molecule has 1 amide bonds. The number of rotatable bonds is 4. The highest BCUT2D eigenvalue weighted by Gasteiger charge is 2.32. The van der Waals surface area contributed by atoms with E-state index in [1.54, 1.807) is 12.4 Å². The highest BCUT2D eigenvalue weighted by molar-refractivity contribution is 7.18. The number of nitrogens with two attached hydrogens (primary N) is 1. The van der Waals surface area contributed by atoms with Crippen molar-refractivity contribution in [2.45, 2.75) is 18.9 Å². The molecule has 3 aromatic rings. The van der Waals surface area contributed by atoms with Crippen LogP contribution >= 0.6 is 22.9 Å². The number of thiazole rings is 1. The third kappa shape index (κ3) is 3.60. The fraction of sp³-hybridized carbons (Fsp3) is 0.250. The Balaban J connectivity index is 1.81. The Morgan fingerprint density at radius 2 is 2.07 bits per heavy atom. The lowest BCUT2D eigenvalue weighted by Gasteiger charge is -2.23. The van der Waals surface area contributed by atoms with E-state index >= 15 is 0 Å². The first-order chi connectivity index (χ1) is 13.2. The van der Waals surface area contributed by atoms with Gasteiger partial charge in [0, 0.05) is 42.1 Å². The summed E-state index contributed by atoms with van der Waals surface area (Å²) in [6.45, 7) is 1.19. The molecule has 27 heavy (non-hydrogen) atoms. The summed E-state index contributed by atoms with van der Waals surface area (Å²) in [5.74, 6) is -0.0607. The maximum Gasteiger partial charge on any atom is 0.274 e. The van der Waals surface area contributed by atoms with Gasteiger partial charge in [-0.1, -0.05) is 23.7 Å². The molecule has 0 unspecified atom stereocenters. The fourth-order valence-corrected chi connectivity index (χ4v) is 4.64. The quantitative estimate of drug-likeness (QED) is 0.718. The number of halogens is 1. The number of carbonyl (C=O) groups is 1. The highest BCUT2D eigenvalue weighted by atomic mass is 35.5. The number of benzene rings is 1. The van der Waals surface area contributed by atoms with Crippen molar-refractivity contribution in [2.24, 2.45) is 5.73 Å². The molecule has 0 aliphatic carbocycles. The fourth-order valence-electron chi connectivity index (χ4n) is 3.39. The molecule has 1 fully saturated rings. The van der Waals surface area contributed by atoms with Gasteiger partial charge in [0.2, 0.25) is 0 Å². The zero-order valence-electron chi connectivity index (χ0n) is 14.6. The first-order valence-corrected chi connectivity index (χ1v) is 10.0. The van der Waals surface area contributed by atoms with Crippen LogP contribution in [0.15, 0.2) is 48.8 Å². The standard InChI is InChI=1S/C20H19ClN4OS/c21-15-4-1-3-14(11-15)18-17(20(26)25-10-2-5-16(25)12-22)24-19(27-18)13-6-8-23-9-7-13/h1,3-4,6-9,11,16H,2,5,10,12,22H2/t16-/m0/s1. The Morgan fingerprint density at radius 1 is 1.26 bits per heavy atom. The number of pyridine rings is 1. The van der Waals surface area contributed by atoms with Crippen LogP contribution in [0.1, 0.15) is 23.3 Å². The van der Waals surface area contributed by atoms with Gasteiger partial charge >= 0.3 is 0 Å². The predicted octanol–water partition coefficient (Wildman–Crippen LogP) is 4.09. The van der Waals surface area contributed by atoms with Crippen molar-refractivity contribution in [1.82, 2.24) is 14.9 Å². The van der Waals surface area contributed by atoms with E-state index in [0.29, 0.717) is 17.3 Å². The van der Waals surface area contributed by atoms with Crippen LogP contribution in [0, 0.1) is 0 Å². The predicted molar refractivity (Wildman–Crippen MR) is 109 cm³/mol. The molecule has 2 N–H and O–H groups in total. The second-order valence-corrected chi connectivity index (χ2v) is 7.91. The van der Waals surface area contributed by atoms with E-state index in [2.05, 4.69) is 4.98 Å². The SMILES string of the molecule is NC[C@@H]1CCCN1C(=O)c1nc(-c2ccncc2)sc1-c1cccc(Cl)c1. The topological polar surface area (TPSA) is 72.1 Å². The largest absolute Gasteiger partial charge is 0.333 e. The number of hydrogen-bond acceptors (Lipinski definition) is 5. The Morgan fingerprint density at radius 3 is 2.81 bits per heavy atom. The van der Waals surface area contributed by atoms with Crippen LogP contribution in [0.25, 0.3) is 21.0 Å². The summed E-state index contributed by atoms with van der Waals surface area (Å²) in [5.41, 5.74) is 8.17. The van der Waals surface area contributed by atoms with Crippen LogP contribution in [0.3, 0.4) is 0 Å². The molecular weight excluding hydrogens is 380 g/mol. The van der Waals surface area contributed by atoms with Crippen LogP contribution in [0.4, 0.5) is 0 Å². The zero-order chi connectivity index (χ0) is 18.8. The van der Waals surface area contributed by atoms with Crippen molar-refractivity contribution in [2.75, 3.05) is 13.1 Å². The molecule has 1 aliphatic heterocycles. The van der Waals surface area contributed by atoms with E-state index in [0.717, 1.165) is 40.4 Å². The minimum Gasteiger partial charge on any atom is -0.333 e. The van der Waals surface area contributed by atoms with Crippen molar-refractivity contribution in [1.29, 1.82) is 0 Å². The Kier molecular flexibility index (Phi) is 5.20.